The molecule has 1 rings (SSSR count). The number of halogens is 3. The number of ether oxygens (including phenoxy) is 2. The summed E-state index contributed by atoms with van der Waals surface area (Å²) < 4.78 is 48.4. The fourth-order valence-electron chi connectivity index (χ4n) is 2.51. The highest BCUT2D eigenvalue weighted by atomic mass is 19.4. The van der Waals surface area contributed by atoms with Gasteiger partial charge in [0.15, 0.2) is 5.41 Å². The van der Waals surface area contributed by atoms with E-state index in [2.05, 4.69) is 0 Å². The molecule has 0 aliphatic rings. The van der Waals surface area contributed by atoms with Gasteiger partial charge in [0.25, 0.3) is 5.69 Å². The highest BCUT2D eigenvalue weighted by Crippen LogP contribution is 2.40. The molecular weight excluding hydrogens is 359 g/mol. The van der Waals surface area contributed by atoms with Crippen LogP contribution in [0.4, 0.5) is 18.9 Å². The topological polar surface area (TPSA) is 95.7 Å². The molecule has 0 atom stereocenters. The van der Waals surface area contributed by atoms with Gasteiger partial charge in [-0.1, -0.05) is 6.92 Å². The fraction of sp³-hybridized carbons (Fsp3) is 0.500. The molecule has 0 amide bonds. The Labute approximate surface area is 147 Å². The number of esters is 2. The highest BCUT2D eigenvalue weighted by Gasteiger charge is 2.53. The van der Waals surface area contributed by atoms with E-state index < -0.39 is 45.3 Å². The van der Waals surface area contributed by atoms with Gasteiger partial charge in [-0.2, -0.15) is 13.2 Å². The maximum Gasteiger partial charge on any atom is 0.416 e. The fourth-order valence-corrected chi connectivity index (χ4v) is 2.51. The van der Waals surface area contributed by atoms with Crippen LogP contribution in [0.15, 0.2) is 18.2 Å². The maximum absolute atomic E-state index is 12.9. The number of hydrogen-bond acceptors (Lipinski definition) is 6. The van der Waals surface area contributed by atoms with Gasteiger partial charge in [0, 0.05) is 6.07 Å². The van der Waals surface area contributed by atoms with Gasteiger partial charge in [-0.3, -0.25) is 19.7 Å². The predicted molar refractivity (Wildman–Crippen MR) is 83.3 cm³/mol. The van der Waals surface area contributed by atoms with Gasteiger partial charge >= 0.3 is 18.1 Å². The van der Waals surface area contributed by atoms with Crippen LogP contribution in [0, 0.1) is 10.1 Å². The second kappa shape index (κ2) is 8.15. The van der Waals surface area contributed by atoms with E-state index in [1.807, 2.05) is 0 Å². The zero-order valence-electron chi connectivity index (χ0n) is 14.4. The SMILES string of the molecule is CCOC(=O)C(CC)(C(=O)OCC)c1ccc(C(F)(F)F)cc1[N+](=O)[O-]. The number of rotatable bonds is 7. The second-order valence-corrected chi connectivity index (χ2v) is 5.19. The van der Waals surface area contributed by atoms with Gasteiger partial charge in [-0.25, -0.2) is 0 Å². The molecular formula is C16H18F3NO6. The minimum Gasteiger partial charge on any atom is -0.465 e. The number of benzene rings is 1. The molecule has 1 aromatic rings. The van der Waals surface area contributed by atoms with Crippen molar-refractivity contribution in [3.05, 3.63) is 39.4 Å². The Morgan fingerprint density at radius 1 is 1.08 bits per heavy atom. The van der Waals surface area contributed by atoms with Gasteiger partial charge in [0.2, 0.25) is 0 Å². The summed E-state index contributed by atoms with van der Waals surface area (Å²) in [6.07, 6.45) is -5.12. The molecule has 0 aliphatic carbocycles. The van der Waals surface area contributed by atoms with Crippen molar-refractivity contribution in [3.8, 4) is 0 Å². The van der Waals surface area contributed by atoms with Crippen LogP contribution in [0.1, 0.15) is 38.3 Å². The number of hydrogen-bond donors (Lipinski definition) is 0. The molecule has 0 N–H and O–H groups in total. The molecule has 0 saturated heterocycles. The lowest BCUT2D eigenvalue weighted by atomic mass is 9.76. The number of nitro groups is 1. The lowest BCUT2D eigenvalue weighted by Gasteiger charge is -2.28. The van der Waals surface area contributed by atoms with Crippen molar-refractivity contribution in [3.63, 3.8) is 0 Å². The van der Waals surface area contributed by atoms with Gasteiger partial charge in [0.05, 0.1) is 29.3 Å². The molecule has 0 spiro atoms. The monoisotopic (exact) mass is 377 g/mol. The lowest BCUT2D eigenvalue weighted by molar-refractivity contribution is -0.386. The van der Waals surface area contributed by atoms with E-state index in [9.17, 15) is 32.9 Å². The molecule has 10 heteroatoms. The third-order valence-corrected chi connectivity index (χ3v) is 3.76. The Hall–Kier alpha value is -2.65. The minimum atomic E-state index is -4.83. The summed E-state index contributed by atoms with van der Waals surface area (Å²) in [7, 11) is 0. The molecule has 0 aliphatic heterocycles. The third kappa shape index (κ3) is 3.94. The number of carbonyl (C=O) groups is 2. The molecule has 0 radical (unpaired) electrons. The maximum atomic E-state index is 12.9. The average molecular weight is 377 g/mol. The van der Waals surface area contributed by atoms with Crippen LogP contribution in [0.3, 0.4) is 0 Å². The first-order chi connectivity index (χ1) is 12.1. The van der Waals surface area contributed by atoms with Crippen LogP contribution < -0.4 is 0 Å². The van der Waals surface area contributed by atoms with E-state index in [1.165, 1.54) is 20.8 Å². The summed E-state index contributed by atoms with van der Waals surface area (Å²) in [5, 5.41) is 11.4. The standard InChI is InChI=1S/C16H18F3NO6/c1-4-15(13(21)25-5-2,14(22)26-6-3)11-8-7-10(16(17,18)19)9-12(11)20(23)24/h7-9H,4-6H2,1-3H3. The normalized spacial score (nSPS) is 11.8. The number of nitro benzene ring substituents is 1. The molecule has 0 unspecified atom stereocenters. The largest absolute Gasteiger partial charge is 0.465 e. The Morgan fingerprint density at radius 3 is 1.92 bits per heavy atom. The third-order valence-electron chi connectivity index (χ3n) is 3.76. The average Bonchev–Trinajstić information content (AvgIpc) is 2.55. The first kappa shape index (κ1) is 21.4. The van der Waals surface area contributed by atoms with Gasteiger partial charge in [-0.15, -0.1) is 0 Å². The van der Waals surface area contributed by atoms with Crippen molar-refractivity contribution >= 4 is 17.6 Å². The van der Waals surface area contributed by atoms with Crippen LogP contribution in [0.5, 0.6) is 0 Å². The van der Waals surface area contributed by atoms with Gasteiger partial charge in [-0.05, 0) is 32.4 Å². The smallest absolute Gasteiger partial charge is 0.416 e. The van der Waals surface area contributed by atoms with Crippen LogP contribution in [0.2, 0.25) is 0 Å². The van der Waals surface area contributed by atoms with Crippen molar-refractivity contribution in [2.75, 3.05) is 13.2 Å². The van der Waals surface area contributed by atoms with Crippen LogP contribution in [-0.4, -0.2) is 30.1 Å². The van der Waals surface area contributed by atoms with Gasteiger partial charge in [0.1, 0.15) is 0 Å². The molecule has 26 heavy (non-hydrogen) atoms. The van der Waals surface area contributed by atoms with E-state index in [1.54, 1.807) is 0 Å². The van der Waals surface area contributed by atoms with Crippen molar-refractivity contribution in [1.82, 2.24) is 0 Å². The summed E-state index contributed by atoms with van der Waals surface area (Å²) in [5.41, 5.74) is -5.03. The molecule has 0 saturated carbocycles. The quantitative estimate of drug-likeness (QED) is 0.313. The molecule has 1 aromatic carbocycles. The highest BCUT2D eigenvalue weighted by molar-refractivity contribution is 6.07. The summed E-state index contributed by atoms with van der Waals surface area (Å²) in [4.78, 5) is 35.3. The van der Waals surface area contributed by atoms with Crippen LogP contribution in [-0.2, 0) is 30.7 Å². The first-order valence-electron chi connectivity index (χ1n) is 7.76. The van der Waals surface area contributed by atoms with Crippen molar-refractivity contribution in [2.45, 2.75) is 38.8 Å². The molecule has 7 nitrogen and oxygen atoms in total. The second-order valence-electron chi connectivity index (χ2n) is 5.19. The van der Waals surface area contributed by atoms with Crippen molar-refractivity contribution in [2.24, 2.45) is 0 Å². The number of alkyl halides is 3. The number of nitrogens with zero attached hydrogens (tertiary/aromatic N) is 1. The summed E-state index contributed by atoms with van der Waals surface area (Å²) in [6.45, 7) is 4.05. The molecule has 0 bridgehead atoms. The Kier molecular flexibility index (Phi) is 6.71. The predicted octanol–water partition coefficient (Wildman–Crippen LogP) is 3.39. The van der Waals surface area contributed by atoms with Crippen LogP contribution >= 0.6 is 0 Å². The Balaban J connectivity index is 3.77. The van der Waals surface area contributed by atoms with Crippen molar-refractivity contribution < 1.29 is 37.2 Å². The molecule has 0 fully saturated rings. The summed E-state index contributed by atoms with van der Waals surface area (Å²) in [5.74, 6) is -2.24. The minimum absolute atomic E-state index is 0.131. The number of carbonyl (C=O) groups excluding carboxylic acids is 2. The summed E-state index contributed by atoms with van der Waals surface area (Å²) in [6, 6.07) is 1.61. The van der Waals surface area contributed by atoms with E-state index in [0.717, 1.165) is 6.07 Å². The van der Waals surface area contributed by atoms with E-state index >= 15 is 0 Å². The molecule has 144 valence electrons. The zero-order valence-corrected chi connectivity index (χ0v) is 14.4. The molecule has 0 heterocycles. The Bertz CT molecular complexity index is 684. The summed E-state index contributed by atoms with van der Waals surface area (Å²) >= 11 is 0. The van der Waals surface area contributed by atoms with Gasteiger partial charge < -0.3 is 9.47 Å². The molecule has 0 aromatic heterocycles. The lowest BCUT2D eigenvalue weighted by Crippen LogP contribution is -2.46. The van der Waals surface area contributed by atoms with E-state index in [0.29, 0.717) is 6.07 Å². The van der Waals surface area contributed by atoms with E-state index in [-0.39, 0.29) is 25.7 Å². The van der Waals surface area contributed by atoms with E-state index in [4.69, 9.17) is 9.47 Å². The first-order valence-corrected chi connectivity index (χ1v) is 7.76. The Morgan fingerprint density at radius 2 is 1.58 bits per heavy atom. The van der Waals surface area contributed by atoms with Crippen molar-refractivity contribution in [1.29, 1.82) is 0 Å². The van der Waals surface area contributed by atoms with Crippen LogP contribution in [0.25, 0.3) is 0 Å². The zero-order chi connectivity index (χ0) is 20.1.